The van der Waals surface area contributed by atoms with E-state index in [9.17, 15) is 18.0 Å². The molecule has 0 bridgehead atoms. The first-order chi connectivity index (χ1) is 16.2. The van der Waals surface area contributed by atoms with Crippen LogP contribution in [0.25, 0.3) is 21.3 Å². The number of aromatic nitrogens is 2. The van der Waals surface area contributed by atoms with Crippen LogP contribution in [0, 0.1) is 13.8 Å². The van der Waals surface area contributed by atoms with Crippen molar-refractivity contribution >= 4 is 37.3 Å². The summed E-state index contributed by atoms with van der Waals surface area (Å²) in [5, 5.41) is 2.48. The number of nitrogens with zero attached hydrogens (tertiary/aromatic N) is 3. The normalized spacial score (nSPS) is 20.2. The summed E-state index contributed by atoms with van der Waals surface area (Å²) in [6.45, 7) is 3.97. The van der Waals surface area contributed by atoms with Gasteiger partial charge in [-0.05, 0) is 49.8 Å². The number of carbonyl (C=O) groups excluding carboxylic acids is 1. The molecule has 0 unspecified atom stereocenters. The second-order valence-corrected chi connectivity index (χ2v) is 12.7. The monoisotopic (exact) mass is 499 g/mol. The minimum absolute atomic E-state index is 0.0167. The van der Waals surface area contributed by atoms with Crippen molar-refractivity contribution in [2.75, 3.05) is 11.5 Å². The Hall–Kier alpha value is -2.52. The molecule has 1 aliphatic carbocycles. The Kier molecular flexibility index (Phi) is 6.10. The highest BCUT2D eigenvalue weighted by Crippen LogP contribution is 2.32. The van der Waals surface area contributed by atoms with Crippen LogP contribution in [0.3, 0.4) is 0 Å². The van der Waals surface area contributed by atoms with Crippen molar-refractivity contribution in [3.63, 3.8) is 0 Å². The second kappa shape index (κ2) is 8.92. The zero-order valence-electron chi connectivity index (χ0n) is 19.5. The molecule has 7 nitrogen and oxygen atoms in total. The average Bonchev–Trinajstić information content (AvgIpc) is 3.53. The molecule has 3 heterocycles. The van der Waals surface area contributed by atoms with E-state index in [1.807, 2.05) is 24.4 Å². The Morgan fingerprint density at radius 3 is 2.59 bits per heavy atom. The molecule has 0 N–H and O–H groups in total. The van der Waals surface area contributed by atoms with Gasteiger partial charge in [0.2, 0.25) is 5.91 Å². The van der Waals surface area contributed by atoms with Crippen molar-refractivity contribution in [3.05, 3.63) is 51.4 Å². The molecule has 1 aromatic carbocycles. The molecule has 1 atom stereocenters. The summed E-state index contributed by atoms with van der Waals surface area (Å²) in [4.78, 5) is 33.9. The minimum atomic E-state index is -3.12. The summed E-state index contributed by atoms with van der Waals surface area (Å²) in [5.74, 6) is -0.0566. The number of hydrogen-bond donors (Lipinski definition) is 0. The lowest BCUT2D eigenvalue weighted by molar-refractivity contribution is -0.136. The smallest absolute Gasteiger partial charge is 0.263 e. The van der Waals surface area contributed by atoms with Crippen LogP contribution in [0.1, 0.15) is 43.2 Å². The van der Waals surface area contributed by atoms with E-state index in [0.717, 1.165) is 42.4 Å². The van der Waals surface area contributed by atoms with Gasteiger partial charge >= 0.3 is 0 Å². The largest absolute Gasteiger partial charge is 0.334 e. The fourth-order valence-electron chi connectivity index (χ4n) is 5.31. The van der Waals surface area contributed by atoms with Crippen LogP contribution in [0.2, 0.25) is 0 Å². The standard InChI is InChI=1S/C25H29N3O4S2/c1-16-7-8-18(11-17(16)2)21-13-33-24-23(21)25(30)27(15-26-24)12-22(29)28(19-5-3-4-6-19)20-9-10-34(31,32)14-20/h7-8,11,13,15,19-20H,3-6,9-10,12,14H2,1-2H3/t20-/m0/s1. The van der Waals surface area contributed by atoms with Crippen LogP contribution < -0.4 is 5.56 Å². The zero-order valence-corrected chi connectivity index (χ0v) is 21.1. The molecule has 1 aliphatic heterocycles. The van der Waals surface area contributed by atoms with Crippen LogP contribution in [-0.2, 0) is 21.2 Å². The van der Waals surface area contributed by atoms with Crippen LogP contribution in [0.15, 0.2) is 34.7 Å². The molecule has 0 radical (unpaired) electrons. The van der Waals surface area contributed by atoms with Gasteiger partial charge in [-0.15, -0.1) is 11.3 Å². The van der Waals surface area contributed by atoms with Crippen molar-refractivity contribution in [1.82, 2.24) is 14.5 Å². The van der Waals surface area contributed by atoms with Gasteiger partial charge in [0.15, 0.2) is 9.84 Å². The maximum atomic E-state index is 13.5. The van der Waals surface area contributed by atoms with Crippen molar-refractivity contribution in [1.29, 1.82) is 0 Å². The molecule has 0 spiro atoms. The molecular formula is C25H29N3O4S2. The van der Waals surface area contributed by atoms with E-state index in [1.54, 1.807) is 4.90 Å². The number of carbonyl (C=O) groups is 1. The lowest BCUT2D eigenvalue weighted by atomic mass is 10.0. The highest BCUT2D eigenvalue weighted by Gasteiger charge is 2.39. The Bertz CT molecular complexity index is 1420. The van der Waals surface area contributed by atoms with Gasteiger partial charge in [-0.2, -0.15) is 0 Å². The summed E-state index contributed by atoms with van der Waals surface area (Å²) in [5.41, 5.74) is 3.89. The molecule has 1 saturated heterocycles. The predicted molar refractivity (Wildman–Crippen MR) is 135 cm³/mol. The Balaban J connectivity index is 1.49. The number of aryl methyl sites for hydroxylation is 2. The molecule has 2 fully saturated rings. The van der Waals surface area contributed by atoms with Gasteiger partial charge in [-0.25, -0.2) is 13.4 Å². The third kappa shape index (κ3) is 4.31. The number of amides is 1. The first-order valence-electron chi connectivity index (χ1n) is 11.8. The number of benzene rings is 1. The molecular weight excluding hydrogens is 470 g/mol. The number of sulfone groups is 1. The molecule has 3 aromatic rings. The van der Waals surface area contributed by atoms with Crippen LogP contribution in [0.4, 0.5) is 0 Å². The van der Waals surface area contributed by atoms with Gasteiger partial charge in [0.1, 0.15) is 11.4 Å². The van der Waals surface area contributed by atoms with Crippen LogP contribution in [0.5, 0.6) is 0 Å². The Morgan fingerprint density at radius 1 is 1.15 bits per heavy atom. The zero-order chi connectivity index (χ0) is 24.0. The first-order valence-corrected chi connectivity index (χ1v) is 14.5. The fraction of sp³-hybridized carbons (Fsp3) is 0.480. The Labute approximate surface area is 203 Å². The van der Waals surface area contributed by atoms with E-state index in [4.69, 9.17) is 0 Å². The second-order valence-electron chi connectivity index (χ2n) is 9.60. The highest BCUT2D eigenvalue weighted by atomic mass is 32.2. The van der Waals surface area contributed by atoms with Crippen LogP contribution >= 0.6 is 11.3 Å². The lowest BCUT2D eigenvalue weighted by Gasteiger charge is -2.34. The van der Waals surface area contributed by atoms with Crippen LogP contribution in [-0.4, -0.2) is 52.4 Å². The van der Waals surface area contributed by atoms with Crippen molar-refractivity contribution in [2.45, 2.75) is 64.6 Å². The molecule has 1 saturated carbocycles. The molecule has 180 valence electrons. The van der Waals surface area contributed by atoms with Gasteiger partial charge in [-0.3, -0.25) is 14.2 Å². The fourth-order valence-corrected chi connectivity index (χ4v) is 7.93. The summed E-state index contributed by atoms with van der Waals surface area (Å²) < 4.78 is 25.6. The van der Waals surface area contributed by atoms with Gasteiger partial charge in [0.05, 0.1) is 23.2 Å². The van der Waals surface area contributed by atoms with E-state index in [1.165, 1.54) is 27.8 Å². The first kappa shape index (κ1) is 23.2. The molecule has 2 aromatic heterocycles. The molecule has 2 aliphatic rings. The maximum absolute atomic E-state index is 13.5. The molecule has 9 heteroatoms. The van der Waals surface area contributed by atoms with Gasteiger partial charge in [0, 0.05) is 23.0 Å². The van der Waals surface area contributed by atoms with Crippen molar-refractivity contribution in [2.24, 2.45) is 0 Å². The number of thiophene rings is 1. The lowest BCUT2D eigenvalue weighted by Crippen LogP contribution is -2.49. The van der Waals surface area contributed by atoms with E-state index in [0.29, 0.717) is 16.6 Å². The van der Waals surface area contributed by atoms with Crippen molar-refractivity contribution < 1.29 is 13.2 Å². The molecule has 34 heavy (non-hydrogen) atoms. The third-order valence-electron chi connectivity index (χ3n) is 7.29. The van der Waals surface area contributed by atoms with Gasteiger partial charge < -0.3 is 4.90 Å². The Morgan fingerprint density at radius 2 is 1.91 bits per heavy atom. The van der Waals surface area contributed by atoms with E-state index in [-0.39, 0.29) is 41.6 Å². The van der Waals surface area contributed by atoms with E-state index < -0.39 is 9.84 Å². The quantitative estimate of drug-likeness (QED) is 0.534. The average molecular weight is 500 g/mol. The summed E-state index contributed by atoms with van der Waals surface area (Å²) in [7, 11) is -3.12. The topological polar surface area (TPSA) is 89.3 Å². The van der Waals surface area contributed by atoms with E-state index in [2.05, 4.69) is 18.0 Å². The van der Waals surface area contributed by atoms with E-state index >= 15 is 0 Å². The third-order valence-corrected chi connectivity index (χ3v) is 9.93. The SMILES string of the molecule is Cc1ccc(-c2csc3ncn(CC(=O)N(C4CCCC4)[C@H]4CCS(=O)(=O)C4)c(=O)c23)cc1C. The summed E-state index contributed by atoms with van der Waals surface area (Å²) >= 11 is 1.42. The minimum Gasteiger partial charge on any atom is -0.334 e. The summed E-state index contributed by atoms with van der Waals surface area (Å²) in [6, 6.07) is 5.86. The summed E-state index contributed by atoms with van der Waals surface area (Å²) in [6.07, 6.45) is 5.76. The molecule has 5 rings (SSSR count). The molecule has 1 amide bonds. The predicted octanol–water partition coefficient (Wildman–Crippen LogP) is 3.70. The number of rotatable bonds is 5. The number of hydrogen-bond acceptors (Lipinski definition) is 6. The maximum Gasteiger partial charge on any atom is 0.263 e. The van der Waals surface area contributed by atoms with Crippen molar-refractivity contribution in [3.8, 4) is 11.1 Å². The van der Waals surface area contributed by atoms with Gasteiger partial charge in [-0.1, -0.05) is 31.0 Å². The highest BCUT2D eigenvalue weighted by molar-refractivity contribution is 7.91. The number of fused-ring (bicyclic) bond motifs is 1. The van der Waals surface area contributed by atoms with Gasteiger partial charge in [0.25, 0.3) is 5.56 Å².